The van der Waals surface area contributed by atoms with Crippen LogP contribution in [0.15, 0.2) is 16.7 Å². The molecule has 4 heteroatoms. The van der Waals surface area contributed by atoms with Gasteiger partial charge in [0.05, 0.1) is 17.3 Å². The Morgan fingerprint density at radius 3 is 3.07 bits per heavy atom. The van der Waals surface area contributed by atoms with E-state index in [1.54, 1.807) is 6.20 Å². The smallest absolute Gasteiger partial charge is 0.199 e. The van der Waals surface area contributed by atoms with Crippen LogP contribution in [0.25, 0.3) is 0 Å². The van der Waals surface area contributed by atoms with E-state index in [1.807, 2.05) is 13.0 Å². The zero-order chi connectivity index (χ0) is 10.7. The van der Waals surface area contributed by atoms with Crippen molar-refractivity contribution in [1.29, 1.82) is 0 Å². The van der Waals surface area contributed by atoms with Gasteiger partial charge in [0.25, 0.3) is 0 Å². The van der Waals surface area contributed by atoms with Gasteiger partial charge in [-0.25, -0.2) is 0 Å². The van der Waals surface area contributed by atoms with Crippen LogP contribution in [0.1, 0.15) is 25.0 Å². The average Bonchev–Trinajstić information content (AvgIpc) is 2.24. The van der Waals surface area contributed by atoms with E-state index < -0.39 is 0 Å². The Labute approximate surface area is 97.9 Å². The number of aryl methyl sites for hydroxylation is 1. The number of pyridine rings is 1. The highest BCUT2D eigenvalue weighted by Crippen LogP contribution is 2.27. The lowest BCUT2D eigenvalue weighted by Gasteiger charge is -2.23. The van der Waals surface area contributed by atoms with Gasteiger partial charge in [-0.1, -0.05) is 0 Å². The predicted octanol–water partition coefficient (Wildman–Crippen LogP) is 3.06. The van der Waals surface area contributed by atoms with E-state index in [0.29, 0.717) is 0 Å². The maximum Gasteiger partial charge on any atom is 0.199 e. The van der Waals surface area contributed by atoms with E-state index in [4.69, 9.17) is 9.47 Å². The number of halogens is 1. The lowest BCUT2D eigenvalue weighted by molar-refractivity contribution is -0.106. The van der Waals surface area contributed by atoms with E-state index in [1.165, 1.54) is 6.42 Å². The fourth-order valence-electron chi connectivity index (χ4n) is 1.55. The number of hydrogen-bond acceptors (Lipinski definition) is 3. The first-order chi connectivity index (χ1) is 7.25. The lowest BCUT2D eigenvalue weighted by Crippen LogP contribution is -2.25. The molecule has 0 N–H and O–H groups in total. The van der Waals surface area contributed by atoms with Crippen molar-refractivity contribution in [2.24, 2.45) is 0 Å². The topological polar surface area (TPSA) is 31.4 Å². The Morgan fingerprint density at radius 1 is 1.53 bits per heavy atom. The third kappa shape index (κ3) is 2.92. The van der Waals surface area contributed by atoms with Crippen LogP contribution in [0.3, 0.4) is 0 Å². The predicted molar refractivity (Wildman–Crippen MR) is 60.9 cm³/mol. The summed E-state index contributed by atoms with van der Waals surface area (Å²) >= 11 is 3.45. The highest BCUT2D eigenvalue weighted by molar-refractivity contribution is 9.10. The van der Waals surface area contributed by atoms with Crippen molar-refractivity contribution in [2.45, 2.75) is 32.5 Å². The Kier molecular flexibility index (Phi) is 3.59. The highest BCUT2D eigenvalue weighted by Gasteiger charge is 2.16. The van der Waals surface area contributed by atoms with Gasteiger partial charge in [0, 0.05) is 12.1 Å². The van der Waals surface area contributed by atoms with Gasteiger partial charge in [0.15, 0.2) is 12.0 Å². The van der Waals surface area contributed by atoms with Crippen molar-refractivity contribution < 1.29 is 9.47 Å². The molecule has 0 spiro atoms. The Balaban J connectivity index is 2.03. The van der Waals surface area contributed by atoms with Crippen LogP contribution in [0.4, 0.5) is 0 Å². The average molecular weight is 272 g/mol. The zero-order valence-corrected chi connectivity index (χ0v) is 10.3. The third-order valence-electron chi connectivity index (χ3n) is 2.35. The molecular weight excluding hydrogens is 258 g/mol. The molecule has 0 saturated carbocycles. The van der Waals surface area contributed by atoms with Crippen LogP contribution in [0.2, 0.25) is 0 Å². The molecule has 2 rings (SSSR count). The summed E-state index contributed by atoms with van der Waals surface area (Å²) in [6.45, 7) is 2.74. The van der Waals surface area contributed by atoms with Crippen LogP contribution in [0.5, 0.6) is 5.75 Å². The van der Waals surface area contributed by atoms with E-state index >= 15 is 0 Å². The van der Waals surface area contributed by atoms with Crippen LogP contribution in [0, 0.1) is 6.92 Å². The summed E-state index contributed by atoms with van der Waals surface area (Å²) in [7, 11) is 0. The summed E-state index contributed by atoms with van der Waals surface area (Å²) in [5.41, 5.74) is 0.971. The summed E-state index contributed by atoms with van der Waals surface area (Å²) in [4.78, 5) is 4.19. The number of hydrogen-bond donors (Lipinski definition) is 0. The SMILES string of the molecule is Cc1cc(Br)c(O[C@H]2CCCCO2)cn1. The second kappa shape index (κ2) is 4.94. The third-order valence-corrected chi connectivity index (χ3v) is 2.97. The minimum atomic E-state index is -0.112. The monoisotopic (exact) mass is 271 g/mol. The van der Waals surface area contributed by atoms with Gasteiger partial charge in [-0.15, -0.1) is 0 Å². The van der Waals surface area contributed by atoms with E-state index in [-0.39, 0.29) is 6.29 Å². The molecule has 3 nitrogen and oxygen atoms in total. The molecule has 0 unspecified atom stereocenters. The molecule has 1 aliphatic heterocycles. The Morgan fingerprint density at radius 2 is 2.40 bits per heavy atom. The molecule has 1 fully saturated rings. The molecule has 0 aliphatic carbocycles. The fourth-order valence-corrected chi connectivity index (χ4v) is 2.07. The standard InChI is InChI=1S/C11H14BrNO2/c1-8-6-9(12)10(7-13-8)15-11-4-2-3-5-14-11/h6-7,11H,2-5H2,1H3/t11-/m0/s1. The van der Waals surface area contributed by atoms with Gasteiger partial charge in [-0.05, 0) is 41.8 Å². The van der Waals surface area contributed by atoms with Gasteiger partial charge >= 0.3 is 0 Å². The maximum atomic E-state index is 5.71. The minimum absolute atomic E-state index is 0.112. The minimum Gasteiger partial charge on any atom is -0.462 e. The molecule has 0 radical (unpaired) electrons. The van der Waals surface area contributed by atoms with Crippen molar-refractivity contribution >= 4 is 15.9 Å². The van der Waals surface area contributed by atoms with Gasteiger partial charge in [0.1, 0.15) is 0 Å². The van der Waals surface area contributed by atoms with Crippen molar-refractivity contribution in [3.8, 4) is 5.75 Å². The van der Waals surface area contributed by atoms with Crippen LogP contribution < -0.4 is 4.74 Å². The van der Waals surface area contributed by atoms with Gasteiger partial charge in [-0.2, -0.15) is 0 Å². The van der Waals surface area contributed by atoms with Gasteiger partial charge in [-0.3, -0.25) is 4.98 Å². The number of nitrogens with zero attached hydrogens (tertiary/aromatic N) is 1. The maximum absolute atomic E-state index is 5.71. The Hall–Kier alpha value is -0.610. The first kappa shape index (κ1) is 10.9. The molecule has 1 atom stereocenters. The Bertz CT molecular complexity index is 337. The molecule has 2 heterocycles. The molecule has 0 bridgehead atoms. The summed E-state index contributed by atoms with van der Waals surface area (Å²) < 4.78 is 12.1. The number of ether oxygens (including phenoxy) is 2. The summed E-state index contributed by atoms with van der Waals surface area (Å²) in [5.74, 6) is 0.757. The largest absolute Gasteiger partial charge is 0.462 e. The zero-order valence-electron chi connectivity index (χ0n) is 8.70. The normalized spacial score (nSPS) is 21.3. The van der Waals surface area contributed by atoms with Gasteiger partial charge < -0.3 is 9.47 Å². The van der Waals surface area contributed by atoms with Crippen molar-refractivity contribution in [3.63, 3.8) is 0 Å². The second-order valence-electron chi connectivity index (χ2n) is 3.67. The summed E-state index contributed by atoms with van der Waals surface area (Å²) in [6, 6.07) is 1.94. The molecule has 1 saturated heterocycles. The molecule has 1 aliphatic rings. The fraction of sp³-hybridized carbons (Fsp3) is 0.545. The molecule has 1 aromatic rings. The second-order valence-corrected chi connectivity index (χ2v) is 4.52. The molecule has 15 heavy (non-hydrogen) atoms. The molecular formula is C11H14BrNO2. The van der Waals surface area contributed by atoms with Crippen LogP contribution in [-0.2, 0) is 4.74 Å². The first-order valence-electron chi connectivity index (χ1n) is 5.16. The summed E-state index contributed by atoms with van der Waals surface area (Å²) in [6.07, 6.45) is 4.88. The van der Waals surface area contributed by atoms with Crippen LogP contribution in [-0.4, -0.2) is 17.9 Å². The molecule has 1 aromatic heterocycles. The van der Waals surface area contributed by atoms with Crippen LogP contribution >= 0.6 is 15.9 Å². The summed E-state index contributed by atoms with van der Waals surface area (Å²) in [5, 5.41) is 0. The first-order valence-corrected chi connectivity index (χ1v) is 5.95. The molecule has 0 amide bonds. The quantitative estimate of drug-likeness (QED) is 0.829. The van der Waals surface area contributed by atoms with E-state index in [0.717, 1.165) is 35.4 Å². The number of rotatable bonds is 2. The van der Waals surface area contributed by atoms with E-state index in [9.17, 15) is 0 Å². The van der Waals surface area contributed by atoms with Crippen molar-refractivity contribution in [2.75, 3.05) is 6.61 Å². The molecule has 82 valence electrons. The highest BCUT2D eigenvalue weighted by atomic mass is 79.9. The van der Waals surface area contributed by atoms with E-state index in [2.05, 4.69) is 20.9 Å². The lowest BCUT2D eigenvalue weighted by atomic mass is 10.2. The van der Waals surface area contributed by atoms with Crippen molar-refractivity contribution in [1.82, 2.24) is 4.98 Å². The number of aromatic nitrogens is 1. The molecule has 0 aromatic carbocycles. The van der Waals surface area contributed by atoms with Gasteiger partial charge in [0.2, 0.25) is 0 Å². The van der Waals surface area contributed by atoms with Crippen molar-refractivity contribution in [3.05, 3.63) is 22.4 Å².